The number of aryl methyl sites for hydroxylation is 1. The van der Waals surface area contributed by atoms with E-state index in [9.17, 15) is 4.79 Å². The zero-order chi connectivity index (χ0) is 13.7. The number of hydrogen-bond donors (Lipinski definition) is 0. The molecule has 18 heavy (non-hydrogen) atoms. The van der Waals surface area contributed by atoms with E-state index in [-0.39, 0.29) is 10.7 Å². The van der Waals surface area contributed by atoms with Gasteiger partial charge in [-0.15, -0.1) is 0 Å². The van der Waals surface area contributed by atoms with Gasteiger partial charge in [-0.25, -0.2) is 0 Å². The molecule has 0 bridgehead atoms. The number of alkyl halides is 1. The van der Waals surface area contributed by atoms with E-state index in [1.165, 1.54) is 0 Å². The minimum absolute atomic E-state index is 0.0182. The van der Waals surface area contributed by atoms with Crippen molar-refractivity contribution in [3.63, 3.8) is 0 Å². The fraction of sp³-hybridized carbons (Fsp3) is 0.462. The molecular weight excluding hydrogens is 318 g/mol. The molecule has 0 spiro atoms. The summed E-state index contributed by atoms with van der Waals surface area (Å²) >= 11 is 9.41. The summed E-state index contributed by atoms with van der Waals surface area (Å²) in [6.07, 6.45) is 0. The number of nitrogens with zero attached hydrogens (tertiary/aromatic N) is 1. The quantitative estimate of drug-likeness (QED) is 0.774. The van der Waals surface area contributed by atoms with Gasteiger partial charge in [-0.2, -0.15) is 0 Å². The van der Waals surface area contributed by atoms with Crippen molar-refractivity contribution in [1.29, 1.82) is 0 Å². The van der Waals surface area contributed by atoms with Crippen molar-refractivity contribution >= 4 is 33.4 Å². The van der Waals surface area contributed by atoms with Crippen LogP contribution in [0.5, 0.6) is 0 Å². The van der Waals surface area contributed by atoms with Crippen LogP contribution in [0.2, 0.25) is 5.02 Å². The maximum atomic E-state index is 12.2. The van der Waals surface area contributed by atoms with Crippen LogP contribution in [0.3, 0.4) is 0 Å². The molecule has 1 aromatic rings. The molecule has 100 valence electrons. The Hall–Kier alpha value is -0.580. The number of carbonyl (C=O) groups is 1. The normalized spacial score (nSPS) is 12.3. The molecule has 0 fully saturated rings. The Labute approximate surface area is 121 Å². The van der Waals surface area contributed by atoms with E-state index in [1.54, 1.807) is 37.3 Å². The molecule has 1 unspecified atom stereocenters. The van der Waals surface area contributed by atoms with Crippen molar-refractivity contribution < 1.29 is 9.53 Å². The first-order valence-corrected chi connectivity index (χ1v) is 6.89. The van der Waals surface area contributed by atoms with E-state index >= 15 is 0 Å². The van der Waals surface area contributed by atoms with Crippen molar-refractivity contribution in [2.75, 3.05) is 27.3 Å². The SMILES string of the molecule is COCC(Br)CN(C)C(=O)c1ccc(Cl)c(C)c1. The number of rotatable bonds is 5. The van der Waals surface area contributed by atoms with Crippen molar-refractivity contribution in [2.24, 2.45) is 0 Å². The fourth-order valence-corrected chi connectivity index (χ4v) is 2.43. The molecule has 0 aliphatic rings. The Balaban J connectivity index is 2.71. The summed E-state index contributed by atoms with van der Waals surface area (Å²) in [4.78, 5) is 14.0. The molecule has 0 saturated heterocycles. The maximum absolute atomic E-state index is 12.2. The topological polar surface area (TPSA) is 29.5 Å². The molecule has 1 rings (SSSR count). The van der Waals surface area contributed by atoms with Gasteiger partial charge in [0.2, 0.25) is 0 Å². The van der Waals surface area contributed by atoms with Gasteiger partial charge in [0, 0.05) is 31.3 Å². The molecule has 0 heterocycles. The molecule has 0 aliphatic carbocycles. The van der Waals surface area contributed by atoms with Gasteiger partial charge in [0.15, 0.2) is 0 Å². The molecule has 5 heteroatoms. The van der Waals surface area contributed by atoms with Crippen LogP contribution in [0.25, 0.3) is 0 Å². The van der Waals surface area contributed by atoms with Gasteiger partial charge in [0.25, 0.3) is 5.91 Å². The lowest BCUT2D eigenvalue weighted by molar-refractivity contribution is 0.0784. The van der Waals surface area contributed by atoms with Crippen LogP contribution in [0.1, 0.15) is 15.9 Å². The summed E-state index contributed by atoms with van der Waals surface area (Å²) < 4.78 is 5.02. The number of halogens is 2. The number of benzene rings is 1. The average molecular weight is 335 g/mol. The first-order chi connectivity index (χ1) is 8.45. The number of hydrogen-bond acceptors (Lipinski definition) is 2. The van der Waals surface area contributed by atoms with Crippen molar-refractivity contribution in [3.8, 4) is 0 Å². The minimum Gasteiger partial charge on any atom is -0.383 e. The zero-order valence-corrected chi connectivity index (χ0v) is 13.1. The van der Waals surface area contributed by atoms with Crippen LogP contribution >= 0.6 is 27.5 Å². The van der Waals surface area contributed by atoms with Gasteiger partial charge >= 0.3 is 0 Å². The highest BCUT2D eigenvalue weighted by atomic mass is 79.9. The molecule has 3 nitrogen and oxygen atoms in total. The van der Waals surface area contributed by atoms with Gasteiger partial charge in [0.05, 0.1) is 11.4 Å². The molecule has 0 aromatic heterocycles. The summed E-state index contributed by atoms with van der Waals surface area (Å²) in [5, 5.41) is 0.673. The van der Waals surface area contributed by atoms with Crippen LogP contribution in [-0.2, 0) is 4.74 Å². The molecule has 1 amide bonds. The third kappa shape index (κ3) is 4.26. The van der Waals surface area contributed by atoms with Crippen molar-refractivity contribution in [2.45, 2.75) is 11.8 Å². The van der Waals surface area contributed by atoms with Gasteiger partial charge in [-0.3, -0.25) is 4.79 Å². The smallest absolute Gasteiger partial charge is 0.253 e. The average Bonchev–Trinajstić information content (AvgIpc) is 2.32. The number of ether oxygens (including phenoxy) is 1. The van der Waals surface area contributed by atoms with Crippen molar-refractivity contribution in [3.05, 3.63) is 34.3 Å². The highest BCUT2D eigenvalue weighted by Gasteiger charge is 2.15. The van der Waals surface area contributed by atoms with Crippen LogP contribution in [-0.4, -0.2) is 42.9 Å². The largest absolute Gasteiger partial charge is 0.383 e. The Kier molecular flexibility index (Phi) is 6.12. The van der Waals surface area contributed by atoms with E-state index in [1.807, 2.05) is 6.92 Å². The van der Waals surface area contributed by atoms with E-state index in [0.717, 1.165) is 5.56 Å². The monoisotopic (exact) mass is 333 g/mol. The third-order valence-corrected chi connectivity index (χ3v) is 3.55. The Morgan fingerprint density at radius 1 is 1.56 bits per heavy atom. The molecule has 1 atom stereocenters. The standard InChI is InChI=1S/C13H17BrClNO2/c1-9-6-10(4-5-12(9)15)13(17)16(2)7-11(14)8-18-3/h4-6,11H,7-8H2,1-3H3. The maximum Gasteiger partial charge on any atom is 0.253 e. The molecule has 0 saturated carbocycles. The molecule has 1 aromatic carbocycles. The minimum atomic E-state index is -0.0182. The summed E-state index contributed by atoms with van der Waals surface area (Å²) in [6, 6.07) is 5.30. The summed E-state index contributed by atoms with van der Waals surface area (Å²) in [5.74, 6) is -0.0182. The summed E-state index contributed by atoms with van der Waals surface area (Å²) in [7, 11) is 3.41. The van der Waals surface area contributed by atoms with Crippen LogP contribution in [0, 0.1) is 6.92 Å². The molecule has 0 aliphatic heterocycles. The number of carbonyl (C=O) groups excluding carboxylic acids is 1. The van der Waals surface area contributed by atoms with Gasteiger partial charge in [-0.1, -0.05) is 27.5 Å². The Morgan fingerprint density at radius 2 is 2.22 bits per heavy atom. The second kappa shape index (κ2) is 7.12. The van der Waals surface area contributed by atoms with Gasteiger partial charge < -0.3 is 9.64 Å². The van der Waals surface area contributed by atoms with Crippen molar-refractivity contribution in [1.82, 2.24) is 4.90 Å². The highest BCUT2D eigenvalue weighted by molar-refractivity contribution is 9.09. The van der Waals surface area contributed by atoms with E-state index in [0.29, 0.717) is 23.7 Å². The summed E-state index contributed by atoms with van der Waals surface area (Å²) in [6.45, 7) is 3.04. The lowest BCUT2D eigenvalue weighted by Gasteiger charge is -2.20. The first kappa shape index (κ1) is 15.5. The highest BCUT2D eigenvalue weighted by Crippen LogP contribution is 2.17. The van der Waals surface area contributed by atoms with Crippen LogP contribution in [0.4, 0.5) is 0 Å². The number of methoxy groups -OCH3 is 1. The zero-order valence-electron chi connectivity index (χ0n) is 10.7. The van der Waals surface area contributed by atoms with Crippen LogP contribution < -0.4 is 0 Å². The Bertz CT molecular complexity index is 425. The van der Waals surface area contributed by atoms with E-state index in [2.05, 4.69) is 15.9 Å². The fourth-order valence-electron chi connectivity index (χ4n) is 1.61. The van der Waals surface area contributed by atoms with E-state index < -0.39 is 0 Å². The lowest BCUT2D eigenvalue weighted by atomic mass is 10.1. The predicted molar refractivity (Wildman–Crippen MR) is 77.7 cm³/mol. The predicted octanol–water partition coefficient (Wildman–Crippen LogP) is 3.13. The third-order valence-electron chi connectivity index (χ3n) is 2.57. The second-order valence-corrected chi connectivity index (χ2v) is 5.90. The molecular formula is C13H17BrClNO2. The molecule has 0 radical (unpaired) electrons. The van der Waals surface area contributed by atoms with Gasteiger partial charge in [-0.05, 0) is 30.7 Å². The summed E-state index contributed by atoms with van der Waals surface area (Å²) in [5.41, 5.74) is 1.56. The second-order valence-electron chi connectivity index (χ2n) is 4.20. The Morgan fingerprint density at radius 3 is 2.78 bits per heavy atom. The lowest BCUT2D eigenvalue weighted by Crippen LogP contribution is -2.33. The number of amides is 1. The van der Waals surface area contributed by atoms with Crippen LogP contribution in [0.15, 0.2) is 18.2 Å². The molecule has 0 N–H and O–H groups in total. The first-order valence-electron chi connectivity index (χ1n) is 5.60. The van der Waals surface area contributed by atoms with Gasteiger partial charge in [0.1, 0.15) is 0 Å². The van der Waals surface area contributed by atoms with E-state index in [4.69, 9.17) is 16.3 Å².